The van der Waals surface area contributed by atoms with Crippen LogP contribution in [0.25, 0.3) is 0 Å². The molecule has 1 saturated heterocycles. The van der Waals surface area contributed by atoms with Gasteiger partial charge in [-0.3, -0.25) is 9.59 Å². The summed E-state index contributed by atoms with van der Waals surface area (Å²) in [5.41, 5.74) is -3.47. The average Bonchev–Trinajstić information content (AvgIpc) is 3.39. The molecule has 1 N–H and O–H groups in total. The second-order valence-electron chi connectivity index (χ2n) is 10.7. The Hall–Kier alpha value is -2.99. The first-order valence-corrected chi connectivity index (χ1v) is 14.4. The molecule has 2 aromatic carbocycles. The molecular weight excluding hydrogens is 554 g/mol. The zero-order valence-electron chi connectivity index (χ0n) is 22.1. The molecule has 7 nitrogen and oxygen atoms in total. The Morgan fingerprint density at radius 1 is 0.975 bits per heavy atom. The highest BCUT2D eigenvalue weighted by Gasteiger charge is 2.54. The largest absolute Gasteiger partial charge is 0.469 e. The van der Waals surface area contributed by atoms with E-state index >= 15 is 0 Å². The Kier molecular flexibility index (Phi) is 8.07. The van der Waals surface area contributed by atoms with E-state index in [0.717, 1.165) is 36.4 Å². The minimum atomic E-state index is -4.96. The Balaban J connectivity index is 1.68. The number of aliphatic hydroxyl groups is 1. The van der Waals surface area contributed by atoms with E-state index < -0.39 is 43.7 Å². The van der Waals surface area contributed by atoms with E-state index in [-0.39, 0.29) is 47.8 Å². The van der Waals surface area contributed by atoms with Gasteiger partial charge in [-0.05, 0) is 74.4 Å². The van der Waals surface area contributed by atoms with Crippen molar-refractivity contribution in [2.45, 2.75) is 60.4 Å². The van der Waals surface area contributed by atoms with Gasteiger partial charge in [-0.25, -0.2) is 12.8 Å². The number of amides is 1. The minimum absolute atomic E-state index is 0.0367. The second-order valence-corrected chi connectivity index (χ2v) is 12.9. The van der Waals surface area contributed by atoms with E-state index in [0.29, 0.717) is 32.6 Å². The number of benzene rings is 2. The van der Waals surface area contributed by atoms with Gasteiger partial charge in [-0.2, -0.15) is 13.2 Å². The molecule has 0 radical (unpaired) electrons. The number of rotatable bonds is 6. The number of carbonyl (C=O) groups is 2. The molecule has 0 bridgehead atoms. The van der Waals surface area contributed by atoms with Crippen LogP contribution in [-0.2, 0) is 34.5 Å². The number of ether oxygens (including phenoxy) is 1. The van der Waals surface area contributed by atoms with Crippen molar-refractivity contribution in [3.63, 3.8) is 0 Å². The molecule has 0 spiro atoms. The summed E-state index contributed by atoms with van der Waals surface area (Å²) in [7, 11) is -2.97. The van der Waals surface area contributed by atoms with Crippen molar-refractivity contribution >= 4 is 21.7 Å². The quantitative estimate of drug-likeness (QED) is 0.305. The van der Waals surface area contributed by atoms with E-state index in [1.165, 1.54) is 24.1 Å². The number of nitrogens with zero attached hydrogens (tertiary/aromatic N) is 1. The van der Waals surface area contributed by atoms with E-state index in [4.69, 9.17) is 4.74 Å². The highest BCUT2D eigenvalue weighted by atomic mass is 32.2. The molecular formula is C28H31F4NO6S. The number of esters is 1. The van der Waals surface area contributed by atoms with Crippen LogP contribution in [0.4, 0.5) is 17.6 Å². The fourth-order valence-corrected chi connectivity index (χ4v) is 7.76. The normalized spacial score (nSPS) is 25.3. The lowest BCUT2D eigenvalue weighted by Crippen LogP contribution is -2.43. The summed E-state index contributed by atoms with van der Waals surface area (Å²) < 4.78 is 85.0. The third-order valence-corrected chi connectivity index (χ3v) is 10.8. The van der Waals surface area contributed by atoms with Crippen LogP contribution >= 0.6 is 0 Å². The van der Waals surface area contributed by atoms with Crippen molar-refractivity contribution in [3.05, 3.63) is 65.5 Å². The minimum Gasteiger partial charge on any atom is -0.469 e. The number of likely N-dealkylation sites (tertiary alicyclic amines) is 1. The number of alkyl halides is 3. The van der Waals surface area contributed by atoms with E-state index in [1.54, 1.807) is 0 Å². The first-order chi connectivity index (χ1) is 18.6. The maximum absolute atomic E-state index is 14.1. The number of methoxy groups -OCH3 is 1. The topological polar surface area (TPSA) is 101 Å². The summed E-state index contributed by atoms with van der Waals surface area (Å²) in [6, 6.07) is 8.76. The third-order valence-electron chi connectivity index (χ3n) is 8.32. The van der Waals surface area contributed by atoms with Crippen LogP contribution in [0.1, 0.15) is 50.2 Å². The predicted molar refractivity (Wildman–Crippen MR) is 136 cm³/mol. The van der Waals surface area contributed by atoms with Crippen molar-refractivity contribution in [3.8, 4) is 0 Å². The summed E-state index contributed by atoms with van der Waals surface area (Å²) in [6.07, 6.45) is -3.18. The molecule has 40 heavy (non-hydrogen) atoms. The molecule has 1 aliphatic carbocycles. The van der Waals surface area contributed by atoms with Crippen molar-refractivity contribution in [2.75, 3.05) is 20.2 Å². The monoisotopic (exact) mass is 585 g/mol. The van der Waals surface area contributed by atoms with Gasteiger partial charge in [0, 0.05) is 19.0 Å². The highest BCUT2D eigenvalue weighted by molar-refractivity contribution is 7.92. The molecule has 2 unspecified atom stereocenters. The lowest BCUT2D eigenvalue weighted by Gasteiger charge is -2.33. The molecule has 1 aliphatic heterocycles. The molecule has 1 amide bonds. The highest BCUT2D eigenvalue weighted by Crippen LogP contribution is 2.46. The lowest BCUT2D eigenvalue weighted by atomic mass is 9.81. The summed E-state index contributed by atoms with van der Waals surface area (Å²) in [5.74, 6) is -1.93. The number of sulfone groups is 1. The van der Waals surface area contributed by atoms with E-state index in [9.17, 15) is 40.7 Å². The van der Waals surface area contributed by atoms with Crippen LogP contribution < -0.4 is 0 Å². The predicted octanol–water partition coefficient (Wildman–Crippen LogP) is 4.48. The van der Waals surface area contributed by atoms with Crippen molar-refractivity contribution in [1.29, 1.82) is 0 Å². The van der Waals surface area contributed by atoms with Crippen LogP contribution in [0.3, 0.4) is 0 Å². The zero-order valence-corrected chi connectivity index (χ0v) is 22.9. The van der Waals surface area contributed by atoms with Gasteiger partial charge in [0.05, 0.1) is 17.9 Å². The van der Waals surface area contributed by atoms with Gasteiger partial charge >= 0.3 is 12.1 Å². The second kappa shape index (κ2) is 10.8. The summed E-state index contributed by atoms with van der Waals surface area (Å²) >= 11 is 0. The molecule has 12 heteroatoms. The molecule has 2 aromatic rings. The molecule has 0 aromatic heterocycles. The van der Waals surface area contributed by atoms with Crippen molar-refractivity contribution < 1.29 is 45.4 Å². The lowest BCUT2D eigenvalue weighted by molar-refractivity contribution is -0.258. The Bertz CT molecular complexity index is 1350. The number of hydrogen-bond donors (Lipinski definition) is 1. The van der Waals surface area contributed by atoms with Crippen LogP contribution in [0, 0.1) is 17.7 Å². The van der Waals surface area contributed by atoms with E-state index in [1.807, 2.05) is 0 Å². The fraction of sp³-hybridized carbons (Fsp3) is 0.500. The third kappa shape index (κ3) is 5.23. The van der Waals surface area contributed by atoms with Gasteiger partial charge in [-0.15, -0.1) is 0 Å². The summed E-state index contributed by atoms with van der Waals surface area (Å²) in [5, 5.41) is 10.1. The van der Waals surface area contributed by atoms with Crippen LogP contribution in [0.5, 0.6) is 0 Å². The number of hydrogen-bond acceptors (Lipinski definition) is 6. The Labute approximate surface area is 230 Å². The molecule has 218 valence electrons. The molecule has 1 saturated carbocycles. The summed E-state index contributed by atoms with van der Waals surface area (Å²) in [4.78, 5) is 26.6. The number of halogens is 4. The maximum Gasteiger partial charge on any atom is 0.421 e. The summed E-state index contributed by atoms with van der Waals surface area (Å²) in [6.45, 7) is 0.438. The number of carbonyl (C=O) groups excluding carboxylic acids is 2. The molecule has 4 rings (SSSR count). The Morgan fingerprint density at radius 3 is 2.05 bits per heavy atom. The molecule has 2 atom stereocenters. The first-order valence-electron chi connectivity index (χ1n) is 12.9. The molecule has 2 fully saturated rings. The zero-order chi connectivity index (χ0) is 29.5. The van der Waals surface area contributed by atoms with Crippen molar-refractivity contribution in [2.24, 2.45) is 11.8 Å². The SMILES string of the molecule is COC(=O)C1CCC(C(=O)N2CCC(c3ccc(C(C)(O)C(F)(F)F)cc3)(S(=O)(=O)c3ccc(F)cc3)C2)CC1. The van der Waals surface area contributed by atoms with Gasteiger partial charge in [0.25, 0.3) is 0 Å². The van der Waals surface area contributed by atoms with Gasteiger partial charge in [0.15, 0.2) is 15.4 Å². The van der Waals surface area contributed by atoms with Gasteiger partial charge in [0.2, 0.25) is 5.91 Å². The Morgan fingerprint density at radius 2 is 1.52 bits per heavy atom. The molecule has 2 aliphatic rings. The smallest absolute Gasteiger partial charge is 0.421 e. The standard InChI is InChI=1S/C28H31F4NO6S/c1-26(36,28(30,31)32)20-7-9-21(10-8-20)27(40(37,38)23-13-11-22(29)12-14-23)15-16-33(17-27)24(34)18-3-5-19(6-4-18)25(35)39-2/h7-14,18-19,36H,3-6,15-17H2,1-2H3. The van der Waals surface area contributed by atoms with Crippen molar-refractivity contribution in [1.82, 2.24) is 4.90 Å². The first kappa shape index (κ1) is 30.0. The van der Waals surface area contributed by atoms with Crippen LogP contribution in [-0.4, -0.2) is 56.7 Å². The van der Waals surface area contributed by atoms with Gasteiger partial charge < -0.3 is 14.7 Å². The van der Waals surface area contributed by atoms with Crippen LogP contribution in [0.15, 0.2) is 53.4 Å². The maximum atomic E-state index is 14.1. The molecule has 1 heterocycles. The van der Waals surface area contributed by atoms with Crippen LogP contribution in [0.2, 0.25) is 0 Å². The van der Waals surface area contributed by atoms with Gasteiger partial charge in [-0.1, -0.05) is 24.3 Å². The fourth-order valence-electron chi connectivity index (χ4n) is 5.68. The van der Waals surface area contributed by atoms with Gasteiger partial charge in [0.1, 0.15) is 10.6 Å². The average molecular weight is 586 g/mol. The van der Waals surface area contributed by atoms with E-state index in [2.05, 4.69) is 0 Å².